The van der Waals surface area contributed by atoms with E-state index < -0.39 is 0 Å². The number of rotatable bonds is 7. The normalized spacial score (nSPS) is 18.2. The first-order chi connectivity index (χ1) is 6.86. The molecule has 0 bridgehead atoms. The van der Waals surface area contributed by atoms with E-state index in [-0.39, 0.29) is 0 Å². The van der Waals surface area contributed by atoms with E-state index in [2.05, 4.69) is 11.8 Å². The zero-order chi connectivity index (χ0) is 10.2. The highest BCUT2D eigenvalue weighted by atomic mass is 16.3. The molecule has 0 heterocycles. The molecule has 0 unspecified atom stereocenters. The molecule has 0 aromatic carbocycles. The van der Waals surface area contributed by atoms with E-state index in [1.807, 2.05) is 0 Å². The van der Waals surface area contributed by atoms with Gasteiger partial charge in [0.2, 0.25) is 0 Å². The molecule has 2 heteroatoms. The fourth-order valence-corrected chi connectivity index (χ4v) is 2.38. The maximum atomic E-state index is 8.97. The van der Waals surface area contributed by atoms with Crippen LogP contribution in [0.3, 0.4) is 0 Å². The summed E-state index contributed by atoms with van der Waals surface area (Å²) in [7, 11) is 0. The van der Waals surface area contributed by atoms with Gasteiger partial charge in [0.25, 0.3) is 0 Å². The van der Waals surface area contributed by atoms with Gasteiger partial charge < -0.3 is 10.0 Å². The maximum Gasteiger partial charge on any atom is 0.0558 e. The lowest BCUT2D eigenvalue weighted by molar-refractivity contribution is 0.174. The zero-order valence-electron chi connectivity index (χ0n) is 9.54. The quantitative estimate of drug-likeness (QED) is 0.680. The summed E-state index contributed by atoms with van der Waals surface area (Å²) in [6.07, 6.45) is 8.19. The lowest BCUT2D eigenvalue weighted by Crippen LogP contribution is -2.32. The van der Waals surface area contributed by atoms with Gasteiger partial charge in [-0.15, -0.1) is 0 Å². The lowest BCUT2D eigenvalue weighted by Gasteiger charge is -2.24. The summed E-state index contributed by atoms with van der Waals surface area (Å²) in [5.41, 5.74) is 0. The summed E-state index contributed by atoms with van der Waals surface area (Å²) in [5, 5.41) is 8.97. The highest BCUT2D eigenvalue weighted by molar-refractivity contribution is 4.71. The van der Waals surface area contributed by atoms with Gasteiger partial charge in [0.15, 0.2) is 0 Å². The molecule has 1 aliphatic rings. The Morgan fingerprint density at radius 3 is 2.50 bits per heavy atom. The summed E-state index contributed by atoms with van der Waals surface area (Å²) >= 11 is 0. The van der Waals surface area contributed by atoms with E-state index in [4.69, 9.17) is 5.11 Å². The van der Waals surface area contributed by atoms with Crippen LogP contribution in [0.1, 0.15) is 45.4 Å². The molecular formula is C12H25NO. The Hall–Kier alpha value is -0.0800. The number of nitrogens with zero attached hydrogens (tertiary/aromatic N) is 1. The highest BCUT2D eigenvalue weighted by Crippen LogP contribution is 2.25. The summed E-state index contributed by atoms with van der Waals surface area (Å²) in [5.74, 6) is 0.915. The number of hydrogen-bond donors (Lipinski definition) is 1. The number of aliphatic hydroxyl groups excluding tert-OH is 1. The van der Waals surface area contributed by atoms with Crippen molar-refractivity contribution in [3.8, 4) is 0 Å². The fraction of sp³-hybridized carbons (Fsp3) is 1.00. The van der Waals surface area contributed by atoms with Crippen LogP contribution in [0.2, 0.25) is 0 Å². The van der Waals surface area contributed by atoms with Gasteiger partial charge in [-0.3, -0.25) is 0 Å². The Labute approximate surface area is 88.3 Å². The summed E-state index contributed by atoms with van der Waals surface area (Å²) < 4.78 is 0. The molecule has 1 fully saturated rings. The third kappa shape index (κ3) is 4.43. The minimum absolute atomic E-state index is 0.316. The van der Waals surface area contributed by atoms with Crippen molar-refractivity contribution in [3.05, 3.63) is 0 Å². The first kappa shape index (κ1) is 12.0. The molecule has 14 heavy (non-hydrogen) atoms. The summed E-state index contributed by atoms with van der Waals surface area (Å²) in [6, 6.07) is 0. The van der Waals surface area contributed by atoms with Crippen molar-refractivity contribution >= 4 is 0 Å². The summed E-state index contributed by atoms with van der Waals surface area (Å²) in [6.45, 7) is 5.81. The number of unbranched alkanes of at least 4 members (excludes halogenated alkanes) is 1. The second-order valence-electron chi connectivity index (χ2n) is 4.53. The Morgan fingerprint density at radius 1 is 1.21 bits per heavy atom. The van der Waals surface area contributed by atoms with E-state index in [9.17, 15) is 0 Å². The smallest absolute Gasteiger partial charge is 0.0558 e. The van der Waals surface area contributed by atoms with E-state index in [1.54, 1.807) is 0 Å². The van der Waals surface area contributed by atoms with Crippen LogP contribution in [0.25, 0.3) is 0 Å². The number of hydrogen-bond acceptors (Lipinski definition) is 2. The molecule has 0 atom stereocenters. The maximum absolute atomic E-state index is 8.97. The molecule has 1 saturated carbocycles. The molecular weight excluding hydrogens is 174 g/mol. The van der Waals surface area contributed by atoms with Crippen LogP contribution < -0.4 is 0 Å². The SMILES string of the molecule is CCCCN(CCO)CC1CCCC1. The van der Waals surface area contributed by atoms with Gasteiger partial charge in [-0.2, -0.15) is 0 Å². The van der Waals surface area contributed by atoms with Crippen molar-refractivity contribution in [2.24, 2.45) is 5.92 Å². The Kier molecular flexibility index (Phi) is 6.20. The number of aliphatic hydroxyl groups is 1. The fourth-order valence-electron chi connectivity index (χ4n) is 2.38. The minimum Gasteiger partial charge on any atom is -0.395 e. The monoisotopic (exact) mass is 199 g/mol. The molecule has 0 saturated heterocycles. The molecule has 1 rings (SSSR count). The molecule has 0 aromatic heterocycles. The van der Waals surface area contributed by atoms with Gasteiger partial charge in [-0.1, -0.05) is 26.2 Å². The average Bonchev–Trinajstić information content (AvgIpc) is 2.67. The van der Waals surface area contributed by atoms with Crippen LogP contribution in [0, 0.1) is 5.92 Å². The van der Waals surface area contributed by atoms with Crippen LogP contribution in [0.5, 0.6) is 0 Å². The predicted molar refractivity (Wildman–Crippen MR) is 60.4 cm³/mol. The molecule has 1 N–H and O–H groups in total. The van der Waals surface area contributed by atoms with Crippen molar-refractivity contribution in [1.29, 1.82) is 0 Å². The molecule has 0 amide bonds. The van der Waals surface area contributed by atoms with Gasteiger partial charge in [0.1, 0.15) is 0 Å². The van der Waals surface area contributed by atoms with Crippen LogP contribution in [0.15, 0.2) is 0 Å². The van der Waals surface area contributed by atoms with Crippen LogP contribution in [0.4, 0.5) is 0 Å². The van der Waals surface area contributed by atoms with Gasteiger partial charge in [-0.05, 0) is 31.7 Å². The standard InChI is InChI=1S/C12H25NO/c1-2-3-8-13(9-10-14)11-12-6-4-5-7-12/h12,14H,2-11H2,1H3. The Morgan fingerprint density at radius 2 is 1.93 bits per heavy atom. The molecule has 0 aliphatic heterocycles. The molecule has 84 valence electrons. The van der Waals surface area contributed by atoms with Gasteiger partial charge in [0, 0.05) is 13.1 Å². The third-order valence-electron chi connectivity index (χ3n) is 3.24. The van der Waals surface area contributed by atoms with E-state index in [1.165, 1.54) is 51.6 Å². The van der Waals surface area contributed by atoms with Crippen molar-refractivity contribution < 1.29 is 5.11 Å². The minimum atomic E-state index is 0.316. The van der Waals surface area contributed by atoms with Crippen molar-refractivity contribution in [3.63, 3.8) is 0 Å². The third-order valence-corrected chi connectivity index (χ3v) is 3.24. The first-order valence-corrected chi connectivity index (χ1v) is 6.20. The van der Waals surface area contributed by atoms with Crippen LogP contribution >= 0.6 is 0 Å². The second-order valence-corrected chi connectivity index (χ2v) is 4.53. The molecule has 2 nitrogen and oxygen atoms in total. The lowest BCUT2D eigenvalue weighted by atomic mass is 10.1. The van der Waals surface area contributed by atoms with E-state index in [0.717, 1.165) is 12.5 Å². The zero-order valence-corrected chi connectivity index (χ0v) is 9.54. The van der Waals surface area contributed by atoms with Gasteiger partial charge in [0.05, 0.1) is 6.61 Å². The Bertz CT molecular complexity index is 132. The van der Waals surface area contributed by atoms with E-state index in [0.29, 0.717) is 6.61 Å². The molecule has 0 radical (unpaired) electrons. The molecule has 0 aromatic rings. The van der Waals surface area contributed by atoms with Gasteiger partial charge in [-0.25, -0.2) is 0 Å². The largest absolute Gasteiger partial charge is 0.395 e. The van der Waals surface area contributed by atoms with E-state index >= 15 is 0 Å². The van der Waals surface area contributed by atoms with Crippen LogP contribution in [-0.4, -0.2) is 36.2 Å². The van der Waals surface area contributed by atoms with Gasteiger partial charge >= 0.3 is 0 Å². The highest BCUT2D eigenvalue weighted by Gasteiger charge is 2.17. The average molecular weight is 199 g/mol. The van der Waals surface area contributed by atoms with Crippen LogP contribution in [-0.2, 0) is 0 Å². The first-order valence-electron chi connectivity index (χ1n) is 6.20. The van der Waals surface area contributed by atoms with Crippen molar-refractivity contribution in [2.75, 3.05) is 26.2 Å². The van der Waals surface area contributed by atoms with Crippen molar-refractivity contribution in [1.82, 2.24) is 4.90 Å². The summed E-state index contributed by atoms with van der Waals surface area (Å²) in [4.78, 5) is 2.44. The Balaban J connectivity index is 2.18. The topological polar surface area (TPSA) is 23.5 Å². The predicted octanol–water partition coefficient (Wildman–Crippen LogP) is 2.27. The molecule has 1 aliphatic carbocycles. The molecule has 0 spiro atoms. The van der Waals surface area contributed by atoms with Crippen molar-refractivity contribution in [2.45, 2.75) is 45.4 Å². The second kappa shape index (κ2) is 7.24.